The van der Waals surface area contributed by atoms with Crippen molar-refractivity contribution in [3.8, 4) is 23.8 Å². The number of nitrogens with one attached hydrogen (secondary N) is 1. The highest BCUT2D eigenvalue weighted by molar-refractivity contribution is 9.10. The summed E-state index contributed by atoms with van der Waals surface area (Å²) < 4.78 is 11.8. The van der Waals surface area contributed by atoms with E-state index in [2.05, 4.69) is 40.2 Å². The minimum Gasteiger partial charge on any atom is -0.493 e. The van der Waals surface area contributed by atoms with E-state index in [0.717, 1.165) is 21.3 Å². The lowest BCUT2D eigenvalue weighted by atomic mass is 10.1. The number of hydrogen-bond acceptors (Lipinski definition) is 3. The largest absolute Gasteiger partial charge is 0.493 e. The fourth-order valence-electron chi connectivity index (χ4n) is 2.15. The van der Waals surface area contributed by atoms with Gasteiger partial charge in [0, 0.05) is 16.7 Å². The Morgan fingerprint density at radius 1 is 1.30 bits per heavy atom. The number of benzene rings is 2. The van der Waals surface area contributed by atoms with Gasteiger partial charge in [-0.3, -0.25) is 0 Å². The molecule has 0 unspecified atom stereocenters. The van der Waals surface area contributed by atoms with E-state index in [1.54, 1.807) is 7.11 Å². The molecule has 1 N–H and O–H groups in total. The predicted molar refractivity (Wildman–Crippen MR) is 98.5 cm³/mol. The summed E-state index contributed by atoms with van der Waals surface area (Å²) in [5.41, 5.74) is 3.21. The van der Waals surface area contributed by atoms with E-state index >= 15 is 0 Å². The molecular weight excluding hydrogens is 378 g/mol. The zero-order chi connectivity index (χ0) is 16.8. The number of rotatable bonds is 6. The summed E-state index contributed by atoms with van der Waals surface area (Å²) in [5.74, 6) is 3.45. The lowest BCUT2D eigenvalue weighted by Crippen LogP contribution is -2.03. The summed E-state index contributed by atoms with van der Waals surface area (Å²) >= 11 is 9.73. The van der Waals surface area contributed by atoms with Crippen molar-refractivity contribution in [3.63, 3.8) is 0 Å². The average Bonchev–Trinajstić information content (AvgIpc) is 2.52. The first-order valence-corrected chi connectivity index (χ1v) is 8.15. The van der Waals surface area contributed by atoms with Gasteiger partial charge in [-0.2, -0.15) is 0 Å². The third-order valence-electron chi connectivity index (χ3n) is 3.26. The molecule has 0 aliphatic carbocycles. The summed E-state index contributed by atoms with van der Waals surface area (Å²) in [5, 5.41) is 3.87. The van der Waals surface area contributed by atoms with Gasteiger partial charge in [0.1, 0.15) is 6.61 Å². The van der Waals surface area contributed by atoms with Crippen LogP contribution in [-0.2, 0) is 6.54 Å². The van der Waals surface area contributed by atoms with Gasteiger partial charge in [0.05, 0.1) is 12.1 Å². The zero-order valence-corrected chi connectivity index (χ0v) is 15.3. The van der Waals surface area contributed by atoms with Crippen molar-refractivity contribution >= 4 is 33.2 Å². The fourth-order valence-corrected chi connectivity index (χ4v) is 2.92. The van der Waals surface area contributed by atoms with Gasteiger partial charge in [-0.1, -0.05) is 33.5 Å². The molecule has 0 fully saturated rings. The molecule has 0 aliphatic heterocycles. The molecule has 0 bridgehead atoms. The maximum atomic E-state index is 6.28. The number of aryl methyl sites for hydroxylation is 1. The lowest BCUT2D eigenvalue weighted by Gasteiger charge is -2.14. The van der Waals surface area contributed by atoms with Crippen LogP contribution in [0.25, 0.3) is 0 Å². The molecule has 0 amide bonds. The zero-order valence-electron chi connectivity index (χ0n) is 13.0. The number of anilines is 1. The Labute approximate surface area is 150 Å². The monoisotopic (exact) mass is 393 g/mol. The standard InChI is InChI=1S/C18H17BrClNO2/c1-4-7-23-18-15(20)9-13(10-17(18)22-3)11-21-16-6-5-14(19)8-12(16)2/h1,5-6,8-10,21H,7,11H2,2-3H3. The first-order chi connectivity index (χ1) is 11.0. The van der Waals surface area contributed by atoms with Crippen molar-refractivity contribution in [3.05, 3.63) is 51.0 Å². The molecule has 2 aromatic carbocycles. The lowest BCUT2D eigenvalue weighted by molar-refractivity contribution is 0.331. The summed E-state index contributed by atoms with van der Waals surface area (Å²) in [4.78, 5) is 0. The second kappa shape index (κ2) is 8.14. The Bertz CT molecular complexity index is 741. The minimum absolute atomic E-state index is 0.145. The van der Waals surface area contributed by atoms with Crippen molar-refractivity contribution in [1.82, 2.24) is 0 Å². The van der Waals surface area contributed by atoms with Crippen molar-refractivity contribution in [2.45, 2.75) is 13.5 Å². The number of ether oxygens (including phenoxy) is 2. The first kappa shape index (κ1) is 17.5. The highest BCUT2D eigenvalue weighted by Crippen LogP contribution is 2.36. The second-order valence-corrected chi connectivity index (χ2v) is 6.24. The number of methoxy groups -OCH3 is 1. The van der Waals surface area contributed by atoms with E-state index in [-0.39, 0.29) is 6.61 Å². The van der Waals surface area contributed by atoms with Crippen LogP contribution < -0.4 is 14.8 Å². The smallest absolute Gasteiger partial charge is 0.181 e. The summed E-state index contributed by atoms with van der Waals surface area (Å²) in [7, 11) is 1.57. The van der Waals surface area contributed by atoms with Crippen molar-refractivity contribution in [2.24, 2.45) is 0 Å². The SMILES string of the molecule is C#CCOc1c(Cl)cc(CNc2ccc(Br)cc2C)cc1OC. The van der Waals surface area contributed by atoms with Gasteiger partial charge in [-0.15, -0.1) is 6.42 Å². The van der Waals surface area contributed by atoms with Crippen LogP contribution in [0.15, 0.2) is 34.8 Å². The molecule has 0 saturated carbocycles. The average molecular weight is 395 g/mol. The van der Waals surface area contributed by atoms with Gasteiger partial charge in [0.2, 0.25) is 0 Å². The van der Waals surface area contributed by atoms with Crippen LogP contribution in [0.4, 0.5) is 5.69 Å². The molecule has 0 aromatic heterocycles. The van der Waals surface area contributed by atoms with Crippen LogP contribution in [0.3, 0.4) is 0 Å². The third kappa shape index (κ3) is 4.57. The molecule has 0 aliphatic rings. The van der Waals surface area contributed by atoms with Crippen molar-refractivity contribution < 1.29 is 9.47 Å². The maximum Gasteiger partial charge on any atom is 0.181 e. The molecule has 0 spiro atoms. The predicted octanol–water partition coefficient (Wildman–Crippen LogP) is 5.04. The van der Waals surface area contributed by atoms with E-state index in [9.17, 15) is 0 Å². The molecule has 0 saturated heterocycles. The van der Waals surface area contributed by atoms with Gasteiger partial charge in [0.25, 0.3) is 0 Å². The van der Waals surface area contributed by atoms with Gasteiger partial charge >= 0.3 is 0 Å². The molecule has 3 nitrogen and oxygen atoms in total. The summed E-state index contributed by atoms with van der Waals surface area (Å²) in [6.45, 7) is 2.82. The highest BCUT2D eigenvalue weighted by atomic mass is 79.9. The Balaban J connectivity index is 2.17. The maximum absolute atomic E-state index is 6.28. The molecule has 120 valence electrons. The molecule has 0 radical (unpaired) electrons. The van der Waals surface area contributed by atoms with E-state index in [1.807, 2.05) is 24.3 Å². The fraction of sp³-hybridized carbons (Fsp3) is 0.222. The molecule has 2 rings (SSSR count). The van der Waals surface area contributed by atoms with Gasteiger partial charge in [-0.05, 0) is 48.4 Å². The molecule has 2 aromatic rings. The number of terminal acetylenes is 1. The van der Waals surface area contributed by atoms with Crippen LogP contribution >= 0.6 is 27.5 Å². The Morgan fingerprint density at radius 2 is 2.09 bits per heavy atom. The molecular formula is C18H17BrClNO2. The Kier molecular flexibility index (Phi) is 6.20. The molecule has 23 heavy (non-hydrogen) atoms. The quantitative estimate of drug-likeness (QED) is 0.696. The Hall–Kier alpha value is -1.83. The molecule has 5 heteroatoms. The van der Waals surface area contributed by atoms with Crippen molar-refractivity contribution in [1.29, 1.82) is 0 Å². The first-order valence-electron chi connectivity index (χ1n) is 6.98. The molecule has 0 heterocycles. The Morgan fingerprint density at radius 3 is 2.74 bits per heavy atom. The van der Waals surface area contributed by atoms with Gasteiger partial charge in [0.15, 0.2) is 11.5 Å². The normalized spacial score (nSPS) is 10.0. The van der Waals surface area contributed by atoms with Gasteiger partial charge in [-0.25, -0.2) is 0 Å². The van der Waals surface area contributed by atoms with E-state index < -0.39 is 0 Å². The highest BCUT2D eigenvalue weighted by Gasteiger charge is 2.12. The third-order valence-corrected chi connectivity index (χ3v) is 4.03. The second-order valence-electron chi connectivity index (χ2n) is 4.91. The van der Waals surface area contributed by atoms with E-state index in [4.69, 9.17) is 27.5 Å². The van der Waals surface area contributed by atoms with Crippen molar-refractivity contribution in [2.75, 3.05) is 19.0 Å². The van der Waals surface area contributed by atoms with Gasteiger partial charge < -0.3 is 14.8 Å². The van der Waals surface area contributed by atoms with Crippen LogP contribution in [0.1, 0.15) is 11.1 Å². The summed E-state index contributed by atoms with van der Waals surface area (Å²) in [6, 6.07) is 9.82. The number of halogens is 2. The molecule has 0 atom stereocenters. The van der Waals surface area contributed by atoms with Crippen LogP contribution in [-0.4, -0.2) is 13.7 Å². The van der Waals surface area contributed by atoms with E-state index in [1.165, 1.54) is 0 Å². The topological polar surface area (TPSA) is 30.5 Å². The number of hydrogen-bond donors (Lipinski definition) is 1. The summed E-state index contributed by atoms with van der Waals surface area (Å²) in [6.07, 6.45) is 5.21. The van der Waals surface area contributed by atoms with Crippen LogP contribution in [0, 0.1) is 19.3 Å². The minimum atomic E-state index is 0.145. The van der Waals surface area contributed by atoms with Crippen LogP contribution in [0.5, 0.6) is 11.5 Å². The van der Waals surface area contributed by atoms with Crippen LogP contribution in [0.2, 0.25) is 5.02 Å². The van der Waals surface area contributed by atoms with E-state index in [0.29, 0.717) is 23.1 Å².